The summed E-state index contributed by atoms with van der Waals surface area (Å²) in [6.45, 7) is 2.37. The highest BCUT2D eigenvalue weighted by Gasteiger charge is 2.40. The van der Waals surface area contributed by atoms with Crippen molar-refractivity contribution in [2.24, 2.45) is 5.92 Å². The molecule has 0 saturated carbocycles. The van der Waals surface area contributed by atoms with Gasteiger partial charge >= 0.3 is 5.97 Å². The number of carbonyl (C=O) groups excluding carboxylic acids is 1. The van der Waals surface area contributed by atoms with E-state index in [0.29, 0.717) is 12.1 Å². The SMILES string of the molecule is CC1CCN(C(=O)c2cccc3cc[nH]c23)C1C(=O)O. The van der Waals surface area contributed by atoms with Gasteiger partial charge in [0.05, 0.1) is 11.1 Å². The second-order valence-corrected chi connectivity index (χ2v) is 5.30. The van der Waals surface area contributed by atoms with Crippen LogP contribution >= 0.6 is 0 Å². The molecular formula is C15H16N2O3. The average molecular weight is 272 g/mol. The maximum Gasteiger partial charge on any atom is 0.326 e. The first kappa shape index (κ1) is 12.7. The number of rotatable bonds is 2. The first-order chi connectivity index (χ1) is 9.59. The molecule has 2 unspecified atom stereocenters. The lowest BCUT2D eigenvalue weighted by atomic mass is 10.0. The number of benzene rings is 1. The molecule has 3 rings (SSSR count). The Morgan fingerprint density at radius 1 is 1.35 bits per heavy atom. The molecule has 2 aromatic rings. The molecule has 0 aliphatic carbocycles. The van der Waals surface area contributed by atoms with E-state index in [1.807, 2.05) is 25.1 Å². The van der Waals surface area contributed by atoms with Gasteiger partial charge in [0.15, 0.2) is 0 Å². The van der Waals surface area contributed by atoms with Crippen LogP contribution in [0.2, 0.25) is 0 Å². The van der Waals surface area contributed by atoms with Gasteiger partial charge in [0.25, 0.3) is 5.91 Å². The molecule has 0 spiro atoms. The summed E-state index contributed by atoms with van der Waals surface area (Å²) in [5.41, 5.74) is 1.30. The second-order valence-electron chi connectivity index (χ2n) is 5.30. The molecule has 5 nitrogen and oxygen atoms in total. The monoisotopic (exact) mass is 272 g/mol. The largest absolute Gasteiger partial charge is 0.480 e. The molecule has 1 amide bonds. The number of aromatic amines is 1. The molecule has 0 radical (unpaired) electrons. The number of amides is 1. The normalized spacial score (nSPS) is 22.4. The number of aliphatic carboxylic acids is 1. The molecule has 1 aliphatic heterocycles. The molecule has 1 aromatic heterocycles. The average Bonchev–Trinajstić information content (AvgIpc) is 3.03. The molecule has 20 heavy (non-hydrogen) atoms. The third-order valence-corrected chi connectivity index (χ3v) is 4.03. The Balaban J connectivity index is 2.00. The van der Waals surface area contributed by atoms with E-state index in [1.54, 1.807) is 12.3 Å². The van der Waals surface area contributed by atoms with Crippen molar-refractivity contribution in [2.45, 2.75) is 19.4 Å². The van der Waals surface area contributed by atoms with Crippen LogP contribution in [-0.2, 0) is 4.79 Å². The number of para-hydroxylation sites is 1. The lowest BCUT2D eigenvalue weighted by Crippen LogP contribution is -2.42. The van der Waals surface area contributed by atoms with E-state index in [-0.39, 0.29) is 11.8 Å². The molecule has 0 bridgehead atoms. The van der Waals surface area contributed by atoms with Crippen molar-refractivity contribution >= 4 is 22.8 Å². The molecule has 104 valence electrons. The van der Waals surface area contributed by atoms with E-state index < -0.39 is 12.0 Å². The number of carboxylic acids is 1. The van der Waals surface area contributed by atoms with Gasteiger partial charge in [-0.15, -0.1) is 0 Å². The minimum atomic E-state index is -0.929. The third-order valence-electron chi connectivity index (χ3n) is 4.03. The number of fused-ring (bicyclic) bond motifs is 1. The number of carboxylic acid groups (broad SMARTS) is 1. The molecule has 2 atom stereocenters. The Hall–Kier alpha value is -2.30. The molecule has 2 heterocycles. The summed E-state index contributed by atoms with van der Waals surface area (Å²) in [6.07, 6.45) is 2.51. The standard InChI is InChI=1S/C15H16N2O3/c1-9-6-8-17(13(9)15(19)20)14(18)11-4-2-3-10-5-7-16-12(10)11/h2-5,7,9,13,16H,6,8H2,1H3,(H,19,20). The van der Waals surface area contributed by atoms with Crippen LogP contribution in [0, 0.1) is 5.92 Å². The second kappa shape index (κ2) is 4.67. The first-order valence-corrected chi connectivity index (χ1v) is 6.69. The lowest BCUT2D eigenvalue weighted by molar-refractivity contribution is -0.142. The van der Waals surface area contributed by atoms with Crippen molar-refractivity contribution in [1.82, 2.24) is 9.88 Å². The summed E-state index contributed by atoms with van der Waals surface area (Å²) in [6, 6.07) is 6.65. The Morgan fingerprint density at radius 2 is 2.15 bits per heavy atom. The van der Waals surface area contributed by atoms with E-state index >= 15 is 0 Å². The van der Waals surface area contributed by atoms with Crippen LogP contribution in [0.15, 0.2) is 30.5 Å². The fourth-order valence-electron chi connectivity index (χ4n) is 2.97. The maximum absolute atomic E-state index is 12.7. The van der Waals surface area contributed by atoms with Gasteiger partial charge in [-0.25, -0.2) is 4.79 Å². The first-order valence-electron chi connectivity index (χ1n) is 6.69. The van der Waals surface area contributed by atoms with Crippen molar-refractivity contribution in [3.63, 3.8) is 0 Å². The molecule has 2 N–H and O–H groups in total. The van der Waals surface area contributed by atoms with Gasteiger partial charge in [0.2, 0.25) is 0 Å². The van der Waals surface area contributed by atoms with Gasteiger partial charge in [-0.3, -0.25) is 4.79 Å². The highest BCUT2D eigenvalue weighted by Crippen LogP contribution is 2.27. The molecule has 5 heteroatoms. The number of carbonyl (C=O) groups is 2. The van der Waals surface area contributed by atoms with Gasteiger partial charge < -0.3 is 15.0 Å². The molecule has 1 fully saturated rings. The summed E-state index contributed by atoms with van der Waals surface area (Å²) >= 11 is 0. The van der Waals surface area contributed by atoms with E-state index in [1.165, 1.54) is 4.90 Å². The fourth-order valence-corrected chi connectivity index (χ4v) is 2.97. The summed E-state index contributed by atoms with van der Waals surface area (Å²) in [5.74, 6) is -1.16. The number of hydrogen-bond acceptors (Lipinski definition) is 2. The van der Waals surface area contributed by atoms with Crippen LogP contribution in [0.25, 0.3) is 10.9 Å². The topological polar surface area (TPSA) is 73.4 Å². The van der Waals surface area contributed by atoms with Crippen LogP contribution in [0.3, 0.4) is 0 Å². The van der Waals surface area contributed by atoms with Crippen LogP contribution in [-0.4, -0.2) is 39.5 Å². The van der Waals surface area contributed by atoms with E-state index in [9.17, 15) is 14.7 Å². The van der Waals surface area contributed by atoms with Gasteiger partial charge in [-0.05, 0) is 24.5 Å². The van der Waals surface area contributed by atoms with Crippen LogP contribution < -0.4 is 0 Å². The third kappa shape index (κ3) is 1.86. The summed E-state index contributed by atoms with van der Waals surface area (Å²) < 4.78 is 0. The Kier molecular flexibility index (Phi) is 2.97. The van der Waals surface area contributed by atoms with Crippen LogP contribution in [0.5, 0.6) is 0 Å². The highest BCUT2D eigenvalue weighted by molar-refractivity contribution is 6.06. The summed E-state index contributed by atoms with van der Waals surface area (Å²) in [5, 5.41) is 10.3. The van der Waals surface area contributed by atoms with Crippen LogP contribution in [0.1, 0.15) is 23.7 Å². The Labute approximate surface area is 116 Å². The Morgan fingerprint density at radius 3 is 2.90 bits per heavy atom. The van der Waals surface area contributed by atoms with Crippen molar-refractivity contribution in [3.8, 4) is 0 Å². The van der Waals surface area contributed by atoms with Gasteiger partial charge in [0, 0.05) is 18.1 Å². The van der Waals surface area contributed by atoms with Crippen molar-refractivity contribution < 1.29 is 14.7 Å². The zero-order valence-electron chi connectivity index (χ0n) is 11.2. The molecule has 1 saturated heterocycles. The van der Waals surface area contributed by atoms with Crippen molar-refractivity contribution in [3.05, 3.63) is 36.0 Å². The minimum absolute atomic E-state index is 0.0145. The number of H-pyrrole nitrogens is 1. The number of nitrogens with one attached hydrogen (secondary N) is 1. The van der Waals surface area contributed by atoms with E-state index in [2.05, 4.69) is 4.98 Å². The van der Waals surface area contributed by atoms with Crippen molar-refractivity contribution in [2.75, 3.05) is 6.54 Å². The number of aromatic nitrogens is 1. The number of likely N-dealkylation sites (tertiary alicyclic amines) is 1. The smallest absolute Gasteiger partial charge is 0.326 e. The Bertz CT molecular complexity index is 677. The molecule has 1 aromatic carbocycles. The maximum atomic E-state index is 12.7. The summed E-state index contributed by atoms with van der Waals surface area (Å²) in [7, 11) is 0. The highest BCUT2D eigenvalue weighted by atomic mass is 16.4. The molecule has 1 aliphatic rings. The van der Waals surface area contributed by atoms with Crippen molar-refractivity contribution in [1.29, 1.82) is 0 Å². The van der Waals surface area contributed by atoms with Crippen LogP contribution in [0.4, 0.5) is 0 Å². The lowest BCUT2D eigenvalue weighted by Gasteiger charge is -2.23. The quantitative estimate of drug-likeness (QED) is 0.879. The zero-order valence-corrected chi connectivity index (χ0v) is 11.2. The molecular weight excluding hydrogens is 256 g/mol. The zero-order chi connectivity index (χ0) is 14.3. The summed E-state index contributed by atoms with van der Waals surface area (Å²) in [4.78, 5) is 28.6. The number of hydrogen-bond donors (Lipinski definition) is 2. The predicted octanol–water partition coefficient (Wildman–Crippen LogP) is 2.10. The minimum Gasteiger partial charge on any atom is -0.480 e. The van der Waals surface area contributed by atoms with Gasteiger partial charge in [0.1, 0.15) is 6.04 Å². The predicted molar refractivity (Wildman–Crippen MR) is 74.5 cm³/mol. The number of nitrogens with zero attached hydrogens (tertiary/aromatic N) is 1. The fraction of sp³-hybridized carbons (Fsp3) is 0.333. The van der Waals surface area contributed by atoms with Gasteiger partial charge in [-0.1, -0.05) is 19.1 Å². The van der Waals surface area contributed by atoms with Gasteiger partial charge in [-0.2, -0.15) is 0 Å². The van der Waals surface area contributed by atoms with E-state index in [0.717, 1.165) is 17.3 Å². The van der Waals surface area contributed by atoms with E-state index in [4.69, 9.17) is 0 Å².